The average Bonchev–Trinajstić information content (AvgIpc) is 2.71. The van der Waals surface area contributed by atoms with Gasteiger partial charge < -0.3 is 15.0 Å². The molecule has 0 fully saturated rings. The third-order valence-electron chi connectivity index (χ3n) is 4.56. The SMILES string of the molecule is COc1cccc(CN(C(=O)CSCc2ccc(F)cc2)C(C)C(=O)NC(C)(C)C)c1. The van der Waals surface area contributed by atoms with Crippen molar-refractivity contribution < 1.29 is 18.7 Å². The molecule has 0 saturated carbocycles. The average molecular weight is 447 g/mol. The molecule has 2 aromatic carbocycles. The van der Waals surface area contributed by atoms with E-state index in [4.69, 9.17) is 4.74 Å². The van der Waals surface area contributed by atoms with Crippen LogP contribution in [0.25, 0.3) is 0 Å². The predicted octanol–water partition coefficient (Wildman–Crippen LogP) is 4.40. The first kappa shape index (κ1) is 24.7. The number of thioether (sulfide) groups is 1. The number of carbonyl (C=O) groups is 2. The fraction of sp³-hybridized carbons (Fsp3) is 0.417. The van der Waals surface area contributed by atoms with Gasteiger partial charge in [0.25, 0.3) is 0 Å². The first-order valence-electron chi connectivity index (χ1n) is 10.2. The highest BCUT2D eigenvalue weighted by Gasteiger charge is 2.28. The number of hydrogen-bond acceptors (Lipinski definition) is 4. The van der Waals surface area contributed by atoms with Gasteiger partial charge in [-0.2, -0.15) is 0 Å². The molecule has 2 aromatic rings. The molecule has 168 valence electrons. The van der Waals surface area contributed by atoms with Gasteiger partial charge in [-0.25, -0.2) is 4.39 Å². The van der Waals surface area contributed by atoms with Crippen LogP contribution in [0.1, 0.15) is 38.8 Å². The van der Waals surface area contributed by atoms with Crippen LogP contribution in [0.5, 0.6) is 5.75 Å². The molecular formula is C24H31FN2O3S. The zero-order valence-corrected chi connectivity index (χ0v) is 19.6. The highest BCUT2D eigenvalue weighted by atomic mass is 32.2. The van der Waals surface area contributed by atoms with Crippen molar-refractivity contribution in [2.24, 2.45) is 0 Å². The Bertz CT molecular complexity index is 881. The van der Waals surface area contributed by atoms with Crippen LogP contribution in [0.15, 0.2) is 48.5 Å². The second-order valence-corrected chi connectivity index (χ2v) is 9.39. The number of nitrogens with zero attached hydrogens (tertiary/aromatic N) is 1. The van der Waals surface area contributed by atoms with Crippen LogP contribution in [0.4, 0.5) is 4.39 Å². The van der Waals surface area contributed by atoms with Crippen molar-refractivity contribution in [3.8, 4) is 5.75 Å². The Morgan fingerprint density at radius 3 is 2.42 bits per heavy atom. The zero-order chi connectivity index (χ0) is 23.0. The minimum absolute atomic E-state index is 0.133. The number of hydrogen-bond donors (Lipinski definition) is 1. The van der Waals surface area contributed by atoms with Gasteiger partial charge in [0.2, 0.25) is 11.8 Å². The van der Waals surface area contributed by atoms with E-state index >= 15 is 0 Å². The second kappa shape index (κ2) is 11.2. The molecule has 31 heavy (non-hydrogen) atoms. The molecule has 0 radical (unpaired) electrons. The van der Waals surface area contributed by atoms with Gasteiger partial charge in [0.05, 0.1) is 12.9 Å². The summed E-state index contributed by atoms with van der Waals surface area (Å²) in [7, 11) is 1.59. The molecule has 1 N–H and O–H groups in total. The van der Waals surface area contributed by atoms with E-state index in [0.29, 0.717) is 18.0 Å². The summed E-state index contributed by atoms with van der Waals surface area (Å²) in [6.07, 6.45) is 0. The number of methoxy groups -OCH3 is 1. The fourth-order valence-corrected chi connectivity index (χ4v) is 3.81. The predicted molar refractivity (Wildman–Crippen MR) is 123 cm³/mol. The standard InChI is InChI=1S/C24H31FN2O3S/c1-17(23(29)26-24(2,3)4)27(14-19-7-6-8-21(13-19)30-5)22(28)16-31-15-18-9-11-20(25)12-10-18/h6-13,17H,14-16H2,1-5H3,(H,26,29). The molecule has 7 heteroatoms. The molecule has 2 amide bonds. The summed E-state index contributed by atoms with van der Waals surface area (Å²) in [5, 5.41) is 2.95. The molecule has 0 bridgehead atoms. The lowest BCUT2D eigenvalue weighted by molar-refractivity contribution is -0.139. The minimum Gasteiger partial charge on any atom is -0.497 e. The molecule has 5 nitrogen and oxygen atoms in total. The van der Waals surface area contributed by atoms with E-state index in [1.165, 1.54) is 23.9 Å². The zero-order valence-electron chi connectivity index (χ0n) is 18.8. The summed E-state index contributed by atoms with van der Waals surface area (Å²) in [5.41, 5.74) is 1.43. The Morgan fingerprint density at radius 2 is 1.81 bits per heavy atom. The van der Waals surface area contributed by atoms with Gasteiger partial charge in [-0.15, -0.1) is 11.8 Å². The van der Waals surface area contributed by atoms with Gasteiger partial charge in [-0.05, 0) is 63.1 Å². The Labute approximate surface area is 188 Å². The molecule has 1 atom stereocenters. The Balaban J connectivity index is 2.11. The molecule has 0 aliphatic heterocycles. The molecular weight excluding hydrogens is 415 g/mol. The maximum absolute atomic E-state index is 13.1. The smallest absolute Gasteiger partial charge is 0.242 e. The topological polar surface area (TPSA) is 58.6 Å². The van der Waals surface area contributed by atoms with Crippen molar-refractivity contribution in [3.63, 3.8) is 0 Å². The number of benzene rings is 2. The monoisotopic (exact) mass is 446 g/mol. The summed E-state index contributed by atoms with van der Waals surface area (Å²) >= 11 is 1.44. The number of carbonyl (C=O) groups excluding carboxylic acids is 2. The summed E-state index contributed by atoms with van der Waals surface area (Å²) in [4.78, 5) is 27.5. The highest BCUT2D eigenvalue weighted by molar-refractivity contribution is 7.99. The minimum atomic E-state index is -0.635. The Morgan fingerprint density at radius 1 is 1.13 bits per heavy atom. The first-order chi connectivity index (χ1) is 14.6. The lowest BCUT2D eigenvalue weighted by Gasteiger charge is -2.31. The maximum atomic E-state index is 13.1. The third-order valence-corrected chi connectivity index (χ3v) is 5.55. The van der Waals surface area contributed by atoms with Gasteiger partial charge in [-0.3, -0.25) is 9.59 Å². The van der Waals surface area contributed by atoms with E-state index in [9.17, 15) is 14.0 Å². The lowest BCUT2D eigenvalue weighted by Crippen LogP contribution is -2.52. The summed E-state index contributed by atoms with van der Waals surface area (Å²) < 4.78 is 18.4. The number of amides is 2. The van der Waals surface area contributed by atoms with Crippen LogP contribution in [0.2, 0.25) is 0 Å². The normalized spacial score (nSPS) is 12.2. The molecule has 0 spiro atoms. The molecule has 0 aliphatic rings. The third kappa shape index (κ3) is 8.25. The highest BCUT2D eigenvalue weighted by Crippen LogP contribution is 2.19. The van der Waals surface area contributed by atoms with Crippen molar-refractivity contribution in [1.29, 1.82) is 0 Å². The van der Waals surface area contributed by atoms with Gasteiger partial charge in [0.1, 0.15) is 17.6 Å². The van der Waals surface area contributed by atoms with Crippen molar-refractivity contribution in [3.05, 3.63) is 65.5 Å². The van der Waals surface area contributed by atoms with Crippen LogP contribution in [0.3, 0.4) is 0 Å². The van der Waals surface area contributed by atoms with Crippen LogP contribution in [0, 0.1) is 5.82 Å². The van der Waals surface area contributed by atoms with Gasteiger partial charge in [0, 0.05) is 17.8 Å². The largest absolute Gasteiger partial charge is 0.497 e. The van der Waals surface area contributed by atoms with E-state index in [1.807, 2.05) is 45.0 Å². The van der Waals surface area contributed by atoms with Crippen molar-refractivity contribution in [2.75, 3.05) is 12.9 Å². The van der Waals surface area contributed by atoms with Crippen molar-refractivity contribution in [1.82, 2.24) is 10.2 Å². The van der Waals surface area contributed by atoms with E-state index in [2.05, 4.69) is 5.32 Å². The summed E-state index contributed by atoms with van der Waals surface area (Å²) in [5.74, 6) is 0.880. The first-order valence-corrected chi connectivity index (χ1v) is 11.3. The molecule has 1 unspecified atom stereocenters. The molecule has 0 saturated heterocycles. The van der Waals surface area contributed by atoms with E-state index in [-0.39, 0.29) is 23.4 Å². The van der Waals surface area contributed by atoms with Crippen LogP contribution >= 0.6 is 11.8 Å². The number of rotatable bonds is 9. The van der Waals surface area contributed by atoms with Gasteiger partial charge in [0.15, 0.2) is 0 Å². The van der Waals surface area contributed by atoms with Gasteiger partial charge in [-0.1, -0.05) is 24.3 Å². The van der Waals surface area contributed by atoms with E-state index < -0.39 is 11.6 Å². The number of nitrogens with one attached hydrogen (secondary N) is 1. The van der Waals surface area contributed by atoms with Gasteiger partial charge >= 0.3 is 0 Å². The van der Waals surface area contributed by atoms with Crippen molar-refractivity contribution >= 4 is 23.6 Å². The Kier molecular flexibility index (Phi) is 8.92. The maximum Gasteiger partial charge on any atom is 0.242 e. The summed E-state index contributed by atoms with van der Waals surface area (Å²) in [6.45, 7) is 7.76. The fourth-order valence-electron chi connectivity index (χ4n) is 2.94. The van der Waals surface area contributed by atoms with Crippen molar-refractivity contribution in [2.45, 2.75) is 51.6 Å². The van der Waals surface area contributed by atoms with Crippen LogP contribution in [-0.4, -0.2) is 41.2 Å². The number of halogens is 1. The Hall–Kier alpha value is -2.54. The van der Waals surface area contributed by atoms with E-state index in [0.717, 1.165) is 11.1 Å². The molecule has 2 rings (SSSR count). The lowest BCUT2D eigenvalue weighted by atomic mass is 10.1. The van der Waals surface area contributed by atoms with E-state index in [1.54, 1.807) is 31.1 Å². The van der Waals surface area contributed by atoms with Crippen LogP contribution < -0.4 is 10.1 Å². The molecule has 0 heterocycles. The number of ether oxygens (including phenoxy) is 1. The quantitative estimate of drug-likeness (QED) is 0.620. The molecule has 0 aromatic heterocycles. The van der Waals surface area contributed by atoms with Crippen LogP contribution in [-0.2, 0) is 21.9 Å². The second-order valence-electron chi connectivity index (χ2n) is 8.41. The molecule has 0 aliphatic carbocycles. The summed E-state index contributed by atoms with van der Waals surface area (Å²) in [6, 6.07) is 13.1.